The number of carbonyl (C=O) groups is 3. The Morgan fingerprint density at radius 3 is 2.57 bits per heavy atom. The molecule has 1 aromatic carbocycles. The summed E-state index contributed by atoms with van der Waals surface area (Å²) in [6.07, 6.45) is 2.54. The molecular formula is C20H27N9O6. The average Bonchev–Trinajstić information content (AvgIpc) is 3.18. The molecule has 0 radical (unpaired) electrons. The standard InChI is InChI=1S/C18H23N9O2.2CH2O2/c1-9-5-10(6-14-11(9)7-21-27(14)2)22-17-15(16(20)28)25-26-18(24-17)23-13-3-4-29-8-12(13)19;2*2-1-3/h5-7,12-13H,3-4,8,19H2,1-2H3,(H2,20,28)(H2,22,23,24,26);2*1H,(H,2,3)/t12-,13+;;/m0../s1. The number of hydrogen-bond donors (Lipinski definition) is 6. The molecule has 0 aliphatic carbocycles. The van der Waals surface area contributed by atoms with Gasteiger partial charge in [-0.05, 0) is 31.0 Å². The van der Waals surface area contributed by atoms with Crippen LogP contribution in [0, 0.1) is 6.92 Å². The van der Waals surface area contributed by atoms with Gasteiger partial charge in [0.25, 0.3) is 18.9 Å². The third kappa shape index (κ3) is 7.05. The van der Waals surface area contributed by atoms with Crippen LogP contribution in [0.3, 0.4) is 0 Å². The lowest BCUT2D eigenvalue weighted by Crippen LogP contribution is -2.48. The number of carbonyl (C=O) groups excluding carboxylic acids is 1. The van der Waals surface area contributed by atoms with Gasteiger partial charge in [0.05, 0.1) is 18.3 Å². The first-order chi connectivity index (χ1) is 16.7. The molecule has 0 saturated carbocycles. The van der Waals surface area contributed by atoms with Crippen molar-refractivity contribution in [1.82, 2.24) is 25.0 Å². The van der Waals surface area contributed by atoms with Crippen molar-refractivity contribution < 1.29 is 29.3 Å². The number of benzene rings is 1. The van der Waals surface area contributed by atoms with Crippen molar-refractivity contribution >= 4 is 47.2 Å². The number of carboxylic acid groups (broad SMARTS) is 2. The summed E-state index contributed by atoms with van der Waals surface area (Å²) >= 11 is 0. The van der Waals surface area contributed by atoms with Crippen LogP contribution >= 0.6 is 0 Å². The highest BCUT2D eigenvalue weighted by atomic mass is 16.5. The van der Waals surface area contributed by atoms with Crippen molar-refractivity contribution in [2.24, 2.45) is 18.5 Å². The molecule has 2 atom stereocenters. The summed E-state index contributed by atoms with van der Waals surface area (Å²) in [7, 11) is 1.87. The molecule has 3 heterocycles. The van der Waals surface area contributed by atoms with Crippen molar-refractivity contribution in [2.75, 3.05) is 23.8 Å². The first kappa shape index (κ1) is 26.9. The molecule has 1 fully saturated rings. The molecular weight excluding hydrogens is 462 g/mol. The van der Waals surface area contributed by atoms with Crippen LogP contribution in [0.2, 0.25) is 0 Å². The molecule has 188 valence electrons. The molecule has 4 rings (SSSR count). The highest BCUT2D eigenvalue weighted by Crippen LogP contribution is 2.26. The fourth-order valence-corrected chi connectivity index (χ4v) is 3.38. The summed E-state index contributed by atoms with van der Waals surface area (Å²) in [5.74, 6) is -0.241. The number of nitrogens with zero attached hydrogens (tertiary/aromatic N) is 5. The Bertz CT molecular complexity index is 1160. The lowest BCUT2D eigenvalue weighted by molar-refractivity contribution is -0.123. The summed E-state index contributed by atoms with van der Waals surface area (Å²) in [4.78, 5) is 33.0. The minimum Gasteiger partial charge on any atom is -0.483 e. The summed E-state index contributed by atoms with van der Waals surface area (Å²) in [5, 5.41) is 33.4. The maximum Gasteiger partial charge on any atom is 0.290 e. The van der Waals surface area contributed by atoms with Crippen molar-refractivity contribution in [2.45, 2.75) is 25.4 Å². The monoisotopic (exact) mass is 489 g/mol. The summed E-state index contributed by atoms with van der Waals surface area (Å²) in [6.45, 7) is 2.55. The third-order valence-electron chi connectivity index (χ3n) is 4.97. The van der Waals surface area contributed by atoms with Crippen LogP contribution in [-0.4, -0.2) is 79.3 Å². The highest BCUT2D eigenvalue weighted by molar-refractivity contribution is 5.96. The predicted octanol–water partition coefficient (Wildman–Crippen LogP) is -0.161. The van der Waals surface area contributed by atoms with Gasteiger partial charge in [0, 0.05) is 36.8 Å². The van der Waals surface area contributed by atoms with E-state index in [1.165, 1.54) is 0 Å². The number of hydrogen-bond acceptors (Lipinski definition) is 11. The molecule has 0 unspecified atom stereocenters. The summed E-state index contributed by atoms with van der Waals surface area (Å²) in [6, 6.07) is 3.63. The van der Waals surface area contributed by atoms with Crippen LogP contribution in [0.15, 0.2) is 18.3 Å². The van der Waals surface area contributed by atoms with Crippen molar-refractivity contribution in [1.29, 1.82) is 0 Å². The van der Waals surface area contributed by atoms with E-state index < -0.39 is 5.91 Å². The van der Waals surface area contributed by atoms with E-state index in [1.54, 1.807) is 4.68 Å². The van der Waals surface area contributed by atoms with E-state index in [0.717, 1.165) is 28.6 Å². The Morgan fingerprint density at radius 1 is 1.26 bits per heavy atom. The molecule has 15 heteroatoms. The molecule has 8 N–H and O–H groups in total. The van der Waals surface area contributed by atoms with E-state index in [2.05, 4.69) is 30.9 Å². The van der Waals surface area contributed by atoms with Crippen LogP contribution in [0.5, 0.6) is 0 Å². The van der Waals surface area contributed by atoms with E-state index in [-0.39, 0.29) is 42.5 Å². The molecule has 1 aliphatic rings. The lowest BCUT2D eigenvalue weighted by atomic mass is 10.1. The number of aryl methyl sites for hydroxylation is 2. The minimum absolute atomic E-state index is 0.0467. The lowest BCUT2D eigenvalue weighted by Gasteiger charge is -2.29. The zero-order valence-corrected chi connectivity index (χ0v) is 19.1. The molecule has 2 aromatic heterocycles. The maximum absolute atomic E-state index is 11.8. The molecule has 0 spiro atoms. The summed E-state index contributed by atoms with van der Waals surface area (Å²) in [5.41, 5.74) is 14.2. The maximum atomic E-state index is 11.8. The Hall–Kier alpha value is -4.37. The van der Waals surface area contributed by atoms with Crippen LogP contribution in [0.1, 0.15) is 22.5 Å². The zero-order chi connectivity index (χ0) is 26.0. The highest BCUT2D eigenvalue weighted by Gasteiger charge is 2.24. The first-order valence-electron chi connectivity index (χ1n) is 10.2. The molecule has 1 amide bonds. The minimum atomic E-state index is -0.722. The summed E-state index contributed by atoms with van der Waals surface area (Å²) < 4.78 is 7.13. The van der Waals surface area contributed by atoms with Gasteiger partial charge >= 0.3 is 0 Å². The number of aromatic nitrogens is 5. The Balaban J connectivity index is 0.000000655. The quantitative estimate of drug-likeness (QED) is 0.256. The third-order valence-corrected chi connectivity index (χ3v) is 4.97. The molecule has 1 saturated heterocycles. The van der Waals surface area contributed by atoms with Gasteiger partial charge in [-0.15, -0.1) is 10.2 Å². The van der Waals surface area contributed by atoms with Gasteiger partial charge in [-0.25, -0.2) is 0 Å². The molecule has 35 heavy (non-hydrogen) atoms. The number of ether oxygens (including phenoxy) is 1. The van der Waals surface area contributed by atoms with Gasteiger partial charge in [-0.3, -0.25) is 19.1 Å². The Kier molecular flexibility index (Phi) is 9.80. The molecule has 1 aliphatic heterocycles. The predicted molar refractivity (Wildman–Crippen MR) is 125 cm³/mol. The van der Waals surface area contributed by atoms with Gasteiger partial charge in [0.1, 0.15) is 0 Å². The number of fused-ring (bicyclic) bond motifs is 1. The number of anilines is 3. The van der Waals surface area contributed by atoms with Gasteiger partial charge in [-0.2, -0.15) is 10.1 Å². The van der Waals surface area contributed by atoms with Gasteiger partial charge in [-0.1, -0.05) is 0 Å². The van der Waals surface area contributed by atoms with Gasteiger partial charge < -0.3 is 37.1 Å². The van der Waals surface area contributed by atoms with Gasteiger partial charge in [0.2, 0.25) is 5.95 Å². The number of nitrogens with two attached hydrogens (primary N) is 2. The number of amides is 1. The van der Waals surface area contributed by atoms with Crippen LogP contribution in [-0.2, 0) is 21.4 Å². The first-order valence-corrected chi connectivity index (χ1v) is 10.2. The van der Waals surface area contributed by atoms with E-state index in [1.807, 2.05) is 32.3 Å². The number of nitrogens with one attached hydrogen (secondary N) is 2. The van der Waals surface area contributed by atoms with E-state index in [0.29, 0.717) is 13.2 Å². The normalized spacial score (nSPS) is 16.7. The van der Waals surface area contributed by atoms with Crippen molar-refractivity contribution in [3.8, 4) is 0 Å². The van der Waals surface area contributed by atoms with Crippen LogP contribution in [0.25, 0.3) is 10.9 Å². The van der Waals surface area contributed by atoms with Crippen molar-refractivity contribution in [3.63, 3.8) is 0 Å². The smallest absolute Gasteiger partial charge is 0.290 e. The Labute approximate surface area is 199 Å². The number of rotatable bonds is 5. The second-order valence-electron chi connectivity index (χ2n) is 7.31. The second-order valence-corrected chi connectivity index (χ2v) is 7.31. The number of primary amides is 1. The van der Waals surface area contributed by atoms with E-state index in [4.69, 9.17) is 36.0 Å². The van der Waals surface area contributed by atoms with Crippen molar-refractivity contribution in [3.05, 3.63) is 29.6 Å². The SMILES string of the molecule is Cc1cc(Nc2nc(N[C@@H]3CCOC[C@@H]3N)nnc2C(N)=O)cc2c1cnn2C.O=CO.O=CO. The van der Waals surface area contributed by atoms with Crippen LogP contribution < -0.4 is 22.1 Å². The van der Waals surface area contributed by atoms with Gasteiger partial charge in [0.15, 0.2) is 11.5 Å². The topological polar surface area (TPSA) is 233 Å². The largest absolute Gasteiger partial charge is 0.483 e. The molecule has 0 bridgehead atoms. The van der Waals surface area contributed by atoms with E-state index >= 15 is 0 Å². The fraction of sp³-hybridized carbons (Fsp3) is 0.350. The molecule has 15 nitrogen and oxygen atoms in total. The molecule has 3 aromatic rings. The van der Waals surface area contributed by atoms with Crippen LogP contribution in [0.4, 0.5) is 17.5 Å². The average molecular weight is 489 g/mol. The fourth-order valence-electron chi connectivity index (χ4n) is 3.38. The second kappa shape index (κ2) is 12.8. The Morgan fingerprint density at radius 2 is 1.94 bits per heavy atom. The zero-order valence-electron chi connectivity index (χ0n) is 19.1. The van der Waals surface area contributed by atoms with E-state index in [9.17, 15) is 4.79 Å².